The van der Waals surface area contributed by atoms with Gasteiger partial charge in [-0.15, -0.1) is 0 Å². The molecule has 0 radical (unpaired) electrons. The minimum atomic E-state index is -0.451. The van der Waals surface area contributed by atoms with Crippen molar-refractivity contribution in [3.63, 3.8) is 0 Å². The molecule has 0 spiro atoms. The maximum absolute atomic E-state index is 10.7. The molecule has 0 bridgehead atoms. The number of pyridine rings is 1. The Morgan fingerprint density at radius 1 is 1.47 bits per heavy atom. The zero-order valence-electron chi connectivity index (χ0n) is 10.9. The Labute approximate surface area is 109 Å². The fourth-order valence-electron chi connectivity index (χ4n) is 2.01. The number of aromatic nitrogens is 2. The molecule has 0 aliphatic rings. The number of aryl methyl sites for hydroxylation is 2. The molecule has 100 valence electrons. The highest BCUT2D eigenvalue weighted by Crippen LogP contribution is 2.25. The molecule has 19 heavy (non-hydrogen) atoms. The third-order valence-corrected chi connectivity index (χ3v) is 2.84. The summed E-state index contributed by atoms with van der Waals surface area (Å²) in [6, 6.07) is 2.65. The average molecular weight is 262 g/mol. The molecule has 0 aliphatic carbocycles. The Bertz CT molecular complexity index is 589. The monoisotopic (exact) mass is 262 g/mol. The van der Waals surface area contributed by atoms with Gasteiger partial charge in [0.15, 0.2) is 0 Å². The molecular formula is C12H14N4O3. The van der Waals surface area contributed by atoms with Gasteiger partial charge in [-0.05, 0) is 20.8 Å². The highest BCUT2D eigenvalue weighted by molar-refractivity contribution is 5.46. The number of nitrogens with one attached hydrogen (secondary N) is 1. The van der Waals surface area contributed by atoms with Gasteiger partial charge in [-0.2, -0.15) is 0 Å². The van der Waals surface area contributed by atoms with Crippen LogP contribution in [-0.2, 0) is 0 Å². The third-order valence-electron chi connectivity index (χ3n) is 2.84. The van der Waals surface area contributed by atoms with Crippen LogP contribution in [0.25, 0.3) is 0 Å². The molecule has 0 aliphatic heterocycles. The molecule has 2 aromatic rings. The summed E-state index contributed by atoms with van der Waals surface area (Å²) < 4.78 is 5.10. The summed E-state index contributed by atoms with van der Waals surface area (Å²) >= 11 is 0. The normalized spacial score (nSPS) is 12.2. The van der Waals surface area contributed by atoms with Gasteiger partial charge in [-0.1, -0.05) is 5.16 Å². The molecule has 0 fully saturated rings. The van der Waals surface area contributed by atoms with Crippen LogP contribution in [0.15, 0.2) is 22.9 Å². The SMILES string of the molecule is Cc1noc(C)c1C(C)Nc1cc([N+](=O)[O-])ccn1. The van der Waals surface area contributed by atoms with E-state index < -0.39 is 4.92 Å². The van der Waals surface area contributed by atoms with Crippen LogP contribution >= 0.6 is 0 Å². The van der Waals surface area contributed by atoms with E-state index in [1.807, 2.05) is 20.8 Å². The summed E-state index contributed by atoms with van der Waals surface area (Å²) in [5.41, 5.74) is 1.74. The minimum Gasteiger partial charge on any atom is -0.363 e. The Balaban J connectivity index is 2.22. The van der Waals surface area contributed by atoms with Crippen LogP contribution in [-0.4, -0.2) is 15.1 Å². The van der Waals surface area contributed by atoms with E-state index in [2.05, 4.69) is 15.5 Å². The minimum absolute atomic E-state index is 0.00321. The summed E-state index contributed by atoms with van der Waals surface area (Å²) in [6.07, 6.45) is 1.40. The molecule has 1 unspecified atom stereocenters. The number of rotatable bonds is 4. The van der Waals surface area contributed by atoms with Crippen molar-refractivity contribution >= 4 is 11.5 Å². The fourth-order valence-corrected chi connectivity index (χ4v) is 2.01. The summed E-state index contributed by atoms with van der Waals surface area (Å²) in [5.74, 6) is 1.17. The summed E-state index contributed by atoms with van der Waals surface area (Å²) in [4.78, 5) is 14.3. The Hall–Kier alpha value is -2.44. The van der Waals surface area contributed by atoms with Gasteiger partial charge in [0, 0.05) is 17.8 Å². The van der Waals surface area contributed by atoms with E-state index in [9.17, 15) is 10.1 Å². The van der Waals surface area contributed by atoms with E-state index in [1.54, 1.807) is 0 Å². The van der Waals surface area contributed by atoms with Gasteiger partial charge in [-0.25, -0.2) is 4.98 Å². The van der Waals surface area contributed by atoms with Crippen molar-refractivity contribution in [3.8, 4) is 0 Å². The van der Waals surface area contributed by atoms with E-state index in [0.29, 0.717) is 5.82 Å². The predicted molar refractivity (Wildman–Crippen MR) is 68.9 cm³/mol. The lowest BCUT2D eigenvalue weighted by Crippen LogP contribution is -2.09. The summed E-state index contributed by atoms with van der Waals surface area (Å²) in [5, 5.41) is 17.7. The van der Waals surface area contributed by atoms with Gasteiger partial charge >= 0.3 is 0 Å². The van der Waals surface area contributed by atoms with Crippen LogP contribution in [0.2, 0.25) is 0 Å². The topological polar surface area (TPSA) is 94.1 Å². The lowest BCUT2D eigenvalue weighted by atomic mass is 10.1. The van der Waals surface area contributed by atoms with Crippen LogP contribution in [0.3, 0.4) is 0 Å². The van der Waals surface area contributed by atoms with E-state index in [1.165, 1.54) is 18.3 Å². The van der Waals surface area contributed by atoms with Crippen LogP contribution < -0.4 is 5.32 Å². The molecule has 7 nitrogen and oxygen atoms in total. The fraction of sp³-hybridized carbons (Fsp3) is 0.333. The Kier molecular flexibility index (Phi) is 3.46. The molecule has 1 N–H and O–H groups in total. The lowest BCUT2D eigenvalue weighted by Gasteiger charge is -2.13. The predicted octanol–water partition coefficient (Wildman–Crippen LogP) is 2.77. The van der Waals surface area contributed by atoms with E-state index in [-0.39, 0.29) is 11.7 Å². The average Bonchev–Trinajstić information content (AvgIpc) is 2.69. The molecule has 0 saturated heterocycles. The van der Waals surface area contributed by atoms with Gasteiger partial charge in [-0.3, -0.25) is 10.1 Å². The molecule has 1 atom stereocenters. The van der Waals surface area contributed by atoms with Crippen molar-refractivity contribution in [2.75, 3.05) is 5.32 Å². The number of hydrogen-bond donors (Lipinski definition) is 1. The molecular weight excluding hydrogens is 248 g/mol. The second kappa shape index (κ2) is 5.05. The van der Waals surface area contributed by atoms with Gasteiger partial charge in [0.25, 0.3) is 5.69 Å². The maximum Gasteiger partial charge on any atom is 0.274 e. The van der Waals surface area contributed by atoms with Crippen LogP contribution in [0, 0.1) is 24.0 Å². The number of nitrogens with zero attached hydrogens (tertiary/aromatic N) is 3. The second-order valence-corrected chi connectivity index (χ2v) is 4.26. The summed E-state index contributed by atoms with van der Waals surface area (Å²) in [7, 11) is 0. The van der Waals surface area contributed by atoms with E-state index >= 15 is 0 Å². The van der Waals surface area contributed by atoms with Crippen molar-refractivity contribution < 1.29 is 9.45 Å². The first-order chi connectivity index (χ1) is 8.99. The van der Waals surface area contributed by atoms with Crippen molar-refractivity contribution in [2.24, 2.45) is 0 Å². The first-order valence-corrected chi connectivity index (χ1v) is 5.78. The van der Waals surface area contributed by atoms with E-state index in [4.69, 9.17) is 4.52 Å². The quantitative estimate of drug-likeness (QED) is 0.672. The van der Waals surface area contributed by atoms with Gasteiger partial charge in [0.05, 0.1) is 22.7 Å². The molecule has 0 aromatic carbocycles. The summed E-state index contributed by atoms with van der Waals surface area (Å²) in [6.45, 7) is 5.60. The molecule has 2 rings (SSSR count). The standard InChI is InChI=1S/C12H14N4O3/c1-7(12-8(2)15-19-9(12)3)14-11-6-10(16(17)18)4-5-13-11/h4-7H,1-3H3,(H,13,14). The lowest BCUT2D eigenvalue weighted by molar-refractivity contribution is -0.384. The number of anilines is 1. The highest BCUT2D eigenvalue weighted by Gasteiger charge is 2.17. The van der Waals surface area contributed by atoms with Crippen molar-refractivity contribution in [1.82, 2.24) is 10.1 Å². The van der Waals surface area contributed by atoms with Gasteiger partial charge in [0.2, 0.25) is 0 Å². The van der Waals surface area contributed by atoms with Crippen molar-refractivity contribution in [2.45, 2.75) is 26.8 Å². The van der Waals surface area contributed by atoms with Gasteiger partial charge in [0.1, 0.15) is 11.6 Å². The zero-order valence-corrected chi connectivity index (χ0v) is 10.9. The van der Waals surface area contributed by atoms with Crippen LogP contribution in [0.4, 0.5) is 11.5 Å². The first kappa shape index (κ1) is 13.0. The zero-order chi connectivity index (χ0) is 14.0. The van der Waals surface area contributed by atoms with Crippen molar-refractivity contribution in [1.29, 1.82) is 0 Å². The van der Waals surface area contributed by atoms with Crippen LogP contribution in [0.1, 0.15) is 30.0 Å². The third kappa shape index (κ3) is 2.70. The molecule has 2 heterocycles. The number of nitro groups is 1. The number of hydrogen-bond acceptors (Lipinski definition) is 6. The van der Waals surface area contributed by atoms with Crippen LogP contribution in [0.5, 0.6) is 0 Å². The molecule has 2 aromatic heterocycles. The second-order valence-electron chi connectivity index (χ2n) is 4.26. The first-order valence-electron chi connectivity index (χ1n) is 5.78. The smallest absolute Gasteiger partial charge is 0.274 e. The highest BCUT2D eigenvalue weighted by atomic mass is 16.6. The largest absolute Gasteiger partial charge is 0.363 e. The Morgan fingerprint density at radius 2 is 2.21 bits per heavy atom. The molecule has 0 amide bonds. The van der Waals surface area contributed by atoms with E-state index in [0.717, 1.165) is 17.0 Å². The molecule has 7 heteroatoms. The maximum atomic E-state index is 10.7. The molecule has 0 saturated carbocycles. The Morgan fingerprint density at radius 3 is 2.79 bits per heavy atom. The van der Waals surface area contributed by atoms with Crippen molar-refractivity contribution in [3.05, 3.63) is 45.5 Å². The van der Waals surface area contributed by atoms with Gasteiger partial charge < -0.3 is 9.84 Å².